The molecule has 4 atom stereocenters. The molecule has 2 N–H and O–H groups in total. The molecular formula is C48H56CaN2O10. The zero-order chi connectivity index (χ0) is 43.9. The van der Waals surface area contributed by atoms with E-state index in [1.54, 1.807) is 27.7 Å². The molecular weight excluding hydrogens is 805 g/mol. The maximum atomic E-state index is 12.1. The third kappa shape index (κ3) is 20.4. The molecule has 4 aromatic rings. The van der Waals surface area contributed by atoms with Gasteiger partial charge in [-0.2, -0.15) is 0 Å². The second-order valence-electron chi connectivity index (χ2n) is 14.6. The van der Waals surface area contributed by atoms with Crippen LogP contribution in [-0.4, -0.2) is 98.7 Å². The molecule has 0 radical (unpaired) electrons. The summed E-state index contributed by atoms with van der Waals surface area (Å²) in [5, 5.41) is 26.9. The summed E-state index contributed by atoms with van der Waals surface area (Å²) in [7, 11) is 0. The van der Waals surface area contributed by atoms with Crippen LogP contribution >= 0.6 is 0 Å². The number of hydrogen-bond acceptors (Lipinski definition) is 10. The molecule has 320 valence electrons. The van der Waals surface area contributed by atoms with Crippen molar-refractivity contribution in [2.24, 2.45) is 11.8 Å². The van der Waals surface area contributed by atoms with E-state index >= 15 is 0 Å². The van der Waals surface area contributed by atoms with Gasteiger partial charge < -0.3 is 39.9 Å². The topological polar surface area (TPSA) is 191 Å². The molecule has 61 heavy (non-hydrogen) atoms. The summed E-state index contributed by atoms with van der Waals surface area (Å²) in [5.41, 5.74) is 6.44. The Morgan fingerprint density at radius 3 is 1.10 bits per heavy atom. The molecule has 0 spiro atoms. The van der Waals surface area contributed by atoms with Crippen LogP contribution in [0.5, 0.6) is 0 Å². The molecule has 4 rings (SSSR count). The van der Waals surface area contributed by atoms with Gasteiger partial charge >= 0.3 is 49.7 Å². The van der Waals surface area contributed by atoms with E-state index in [1.807, 2.05) is 109 Å². The van der Waals surface area contributed by atoms with Crippen LogP contribution in [0.15, 0.2) is 109 Å². The molecule has 0 aliphatic carbocycles. The number of carbonyl (C=O) groups excluding carboxylic acids is 6. The number of carboxylic acid groups (broad SMARTS) is 2. The molecule has 13 heteroatoms. The van der Waals surface area contributed by atoms with Crippen molar-refractivity contribution in [3.05, 3.63) is 120 Å². The third-order valence-electron chi connectivity index (χ3n) is 9.58. The molecule has 0 aliphatic rings. The van der Waals surface area contributed by atoms with Crippen LogP contribution in [0.3, 0.4) is 0 Å². The summed E-state index contributed by atoms with van der Waals surface area (Å²) < 4.78 is 10.1. The largest absolute Gasteiger partial charge is 2.00 e. The molecule has 0 aromatic heterocycles. The SMILES string of the molecule is CCOC(=O)[C@H](C)C[C@H](Cc1ccc(-c2ccccc2)cc1)NC(=O)CCC(=O)[O-].CCOC(=O)[C@H](C)C[C@H](Cc1ccc(-c2ccccc2)cc1)NC(=O)CCC(=O)[O-].[Ca+2]. The van der Waals surface area contributed by atoms with Crippen molar-refractivity contribution in [1.29, 1.82) is 0 Å². The molecule has 2 amide bonds. The summed E-state index contributed by atoms with van der Waals surface area (Å²) in [6, 6.07) is 35.5. The molecule has 0 bridgehead atoms. The van der Waals surface area contributed by atoms with Gasteiger partial charge in [0.1, 0.15) is 0 Å². The van der Waals surface area contributed by atoms with E-state index in [0.717, 1.165) is 33.4 Å². The minimum atomic E-state index is -1.27. The molecule has 4 aromatic carbocycles. The third-order valence-corrected chi connectivity index (χ3v) is 9.58. The number of aliphatic carboxylic acids is 2. The first-order valence-electron chi connectivity index (χ1n) is 20.4. The minimum absolute atomic E-state index is 0. The van der Waals surface area contributed by atoms with E-state index in [1.165, 1.54) is 0 Å². The smallest absolute Gasteiger partial charge is 0.550 e. The molecule has 0 saturated heterocycles. The van der Waals surface area contributed by atoms with Crippen LogP contribution in [-0.2, 0) is 51.1 Å². The fourth-order valence-electron chi connectivity index (χ4n) is 6.53. The average Bonchev–Trinajstić information content (AvgIpc) is 3.23. The average molecular weight is 861 g/mol. The monoisotopic (exact) mass is 860 g/mol. The van der Waals surface area contributed by atoms with Crippen LogP contribution in [0.25, 0.3) is 22.3 Å². The van der Waals surface area contributed by atoms with Crippen LogP contribution in [0, 0.1) is 11.8 Å². The number of amides is 2. The van der Waals surface area contributed by atoms with E-state index in [9.17, 15) is 39.0 Å². The maximum Gasteiger partial charge on any atom is 2.00 e. The number of carboxylic acids is 2. The first kappa shape index (κ1) is 52.1. The van der Waals surface area contributed by atoms with Crippen molar-refractivity contribution in [3.63, 3.8) is 0 Å². The standard InChI is InChI=1S/2C24H29NO5.Ca/c2*1-3-30-24(29)17(2)15-21(25-22(26)13-14-23(27)28)16-18-9-11-20(12-10-18)19-7-5-4-6-8-19;/h2*4-12,17,21H,3,13-16H2,1-2H3,(H,25,26)(H,27,28);/q;;+2/p-2/t2*17-,21-;/m11./s1. The Hall–Kier alpha value is -5.04. The number of esters is 2. The van der Waals surface area contributed by atoms with Gasteiger partial charge in [-0.3, -0.25) is 19.2 Å². The Morgan fingerprint density at radius 1 is 0.492 bits per heavy atom. The number of ether oxygens (including phenoxy) is 2. The van der Waals surface area contributed by atoms with Crippen LogP contribution in [0.4, 0.5) is 0 Å². The molecule has 0 unspecified atom stereocenters. The fraction of sp³-hybridized carbons (Fsp3) is 0.375. The predicted octanol–water partition coefficient (Wildman–Crippen LogP) is 4.62. The van der Waals surface area contributed by atoms with Gasteiger partial charge in [0.15, 0.2) is 0 Å². The zero-order valence-electron chi connectivity index (χ0n) is 35.6. The van der Waals surface area contributed by atoms with E-state index in [2.05, 4.69) is 10.6 Å². The molecule has 0 fully saturated rings. The Bertz CT molecular complexity index is 1820. The van der Waals surface area contributed by atoms with Crippen LogP contribution in [0.1, 0.15) is 77.3 Å². The first-order valence-corrected chi connectivity index (χ1v) is 20.4. The second-order valence-corrected chi connectivity index (χ2v) is 14.6. The summed E-state index contributed by atoms with van der Waals surface area (Å²) in [5.74, 6) is -4.68. The summed E-state index contributed by atoms with van der Waals surface area (Å²) in [4.78, 5) is 69.5. The van der Waals surface area contributed by atoms with Crippen molar-refractivity contribution < 1.29 is 48.5 Å². The number of hydrogen-bond donors (Lipinski definition) is 2. The Morgan fingerprint density at radius 2 is 0.803 bits per heavy atom. The van der Waals surface area contributed by atoms with Gasteiger partial charge in [0, 0.05) is 36.9 Å². The van der Waals surface area contributed by atoms with E-state index in [-0.39, 0.29) is 111 Å². The maximum absolute atomic E-state index is 12.1. The van der Waals surface area contributed by atoms with Crippen molar-refractivity contribution in [1.82, 2.24) is 10.6 Å². The molecule has 12 nitrogen and oxygen atoms in total. The van der Waals surface area contributed by atoms with Crippen molar-refractivity contribution in [2.75, 3.05) is 13.2 Å². The summed E-state index contributed by atoms with van der Waals surface area (Å²) >= 11 is 0. The second kappa shape index (κ2) is 28.5. The normalized spacial score (nSPS) is 12.4. The van der Waals surface area contributed by atoms with E-state index in [4.69, 9.17) is 9.47 Å². The Labute approximate surface area is 388 Å². The van der Waals surface area contributed by atoms with Crippen molar-refractivity contribution in [2.45, 2.75) is 91.1 Å². The number of benzene rings is 4. The van der Waals surface area contributed by atoms with E-state index in [0.29, 0.717) is 38.9 Å². The Kier molecular flexibility index (Phi) is 24.3. The van der Waals surface area contributed by atoms with Crippen LogP contribution in [0.2, 0.25) is 0 Å². The Balaban J connectivity index is 0.000000413. The van der Waals surface area contributed by atoms with E-state index < -0.39 is 11.9 Å². The summed E-state index contributed by atoms with van der Waals surface area (Å²) in [6.45, 7) is 7.61. The van der Waals surface area contributed by atoms with Gasteiger partial charge in [0.25, 0.3) is 0 Å². The fourth-order valence-corrected chi connectivity index (χ4v) is 6.53. The van der Waals surface area contributed by atoms with Crippen LogP contribution < -0.4 is 20.8 Å². The molecule has 0 saturated carbocycles. The molecule has 0 aliphatic heterocycles. The number of nitrogens with one attached hydrogen (secondary N) is 2. The van der Waals surface area contributed by atoms with Gasteiger partial charge in [-0.15, -0.1) is 0 Å². The zero-order valence-corrected chi connectivity index (χ0v) is 37.8. The molecule has 0 heterocycles. The predicted molar refractivity (Wildman–Crippen MR) is 230 cm³/mol. The van der Waals surface area contributed by atoms with Gasteiger partial charge in [-0.1, -0.05) is 123 Å². The van der Waals surface area contributed by atoms with Gasteiger partial charge in [0.2, 0.25) is 11.8 Å². The minimum Gasteiger partial charge on any atom is -0.550 e. The van der Waals surface area contributed by atoms with Gasteiger partial charge in [-0.05, 0) is 85.8 Å². The van der Waals surface area contributed by atoms with Gasteiger partial charge in [0.05, 0.1) is 25.0 Å². The van der Waals surface area contributed by atoms with Crippen molar-refractivity contribution >= 4 is 73.4 Å². The van der Waals surface area contributed by atoms with Crippen molar-refractivity contribution in [3.8, 4) is 22.3 Å². The first-order chi connectivity index (χ1) is 28.8. The van der Waals surface area contributed by atoms with Gasteiger partial charge in [-0.25, -0.2) is 0 Å². The quantitative estimate of drug-likeness (QED) is 0.0833. The number of carbonyl (C=O) groups is 6. The number of rotatable bonds is 22. The summed E-state index contributed by atoms with van der Waals surface area (Å²) in [6.07, 6.45) is 0.868.